The summed E-state index contributed by atoms with van der Waals surface area (Å²) in [7, 11) is 0. The molecule has 0 atom stereocenters. The van der Waals surface area contributed by atoms with Crippen molar-refractivity contribution < 1.29 is 14.3 Å². The molecule has 0 radical (unpaired) electrons. The summed E-state index contributed by atoms with van der Waals surface area (Å²) in [5.41, 5.74) is 0.637. The smallest absolute Gasteiger partial charge is 0.266 e. The van der Waals surface area contributed by atoms with Crippen LogP contribution in [0.1, 0.15) is 11.8 Å². The van der Waals surface area contributed by atoms with Gasteiger partial charge < -0.3 is 10.1 Å². The monoisotopic (exact) mass is 404 g/mol. The van der Waals surface area contributed by atoms with Gasteiger partial charge in [0.1, 0.15) is 16.6 Å². The SMILES string of the molecule is CCOc1ccc(NC(=O)CN2C(=O)/C(=C/c3cccs3)SC2=S)cc1. The van der Waals surface area contributed by atoms with Crippen molar-refractivity contribution in [2.45, 2.75) is 6.92 Å². The maximum Gasteiger partial charge on any atom is 0.266 e. The van der Waals surface area contributed by atoms with Crippen molar-refractivity contribution in [3.8, 4) is 5.75 Å². The average molecular weight is 405 g/mol. The number of ether oxygens (including phenoxy) is 1. The maximum absolute atomic E-state index is 12.5. The third-order valence-electron chi connectivity index (χ3n) is 3.44. The van der Waals surface area contributed by atoms with Crippen LogP contribution in [0, 0.1) is 0 Å². The highest BCUT2D eigenvalue weighted by Crippen LogP contribution is 2.33. The van der Waals surface area contributed by atoms with E-state index < -0.39 is 0 Å². The standard InChI is InChI=1S/C18H16N2O3S3/c1-2-23-13-7-5-12(6-8-13)19-16(21)11-20-17(22)15(26-18(20)24)10-14-4-3-9-25-14/h3-10H,2,11H2,1H3,(H,19,21)/b15-10-. The Kier molecular flexibility index (Phi) is 6.08. The molecule has 2 heterocycles. The van der Waals surface area contributed by atoms with Crippen molar-refractivity contribution in [2.75, 3.05) is 18.5 Å². The van der Waals surface area contributed by atoms with Crippen LogP contribution >= 0.6 is 35.3 Å². The number of nitrogens with zero attached hydrogens (tertiary/aromatic N) is 1. The second-order valence-corrected chi connectivity index (χ2v) is 7.94. The Balaban J connectivity index is 1.62. The second-order valence-electron chi connectivity index (χ2n) is 5.29. The summed E-state index contributed by atoms with van der Waals surface area (Å²) in [5.74, 6) is 0.194. The number of thiophene rings is 1. The fourth-order valence-electron chi connectivity index (χ4n) is 2.28. The fraction of sp³-hybridized carbons (Fsp3) is 0.167. The van der Waals surface area contributed by atoms with Gasteiger partial charge in [0.15, 0.2) is 0 Å². The van der Waals surface area contributed by atoms with E-state index in [-0.39, 0.29) is 18.4 Å². The predicted octanol–water partition coefficient (Wildman–Crippen LogP) is 3.99. The van der Waals surface area contributed by atoms with Gasteiger partial charge in [0.05, 0.1) is 11.5 Å². The highest BCUT2D eigenvalue weighted by molar-refractivity contribution is 8.26. The van der Waals surface area contributed by atoms with Gasteiger partial charge in [0, 0.05) is 10.6 Å². The summed E-state index contributed by atoms with van der Waals surface area (Å²) >= 11 is 8.01. The molecule has 134 valence electrons. The highest BCUT2D eigenvalue weighted by atomic mass is 32.2. The molecule has 3 rings (SSSR count). The van der Waals surface area contributed by atoms with Crippen LogP contribution in [-0.2, 0) is 9.59 Å². The molecule has 5 nitrogen and oxygen atoms in total. The molecule has 1 saturated heterocycles. The number of nitrogens with one attached hydrogen (secondary N) is 1. The Bertz CT molecular complexity index is 845. The molecule has 1 N–H and O–H groups in total. The number of hydrogen-bond acceptors (Lipinski definition) is 6. The van der Waals surface area contributed by atoms with E-state index in [9.17, 15) is 9.59 Å². The minimum Gasteiger partial charge on any atom is -0.494 e. The van der Waals surface area contributed by atoms with E-state index in [0.717, 1.165) is 10.6 Å². The Hall–Kier alpha value is -2.16. The summed E-state index contributed by atoms with van der Waals surface area (Å²) in [5, 5.41) is 4.71. The maximum atomic E-state index is 12.5. The summed E-state index contributed by atoms with van der Waals surface area (Å²) in [6.45, 7) is 2.38. The zero-order valence-corrected chi connectivity index (χ0v) is 16.4. The largest absolute Gasteiger partial charge is 0.494 e. The van der Waals surface area contributed by atoms with Gasteiger partial charge in [-0.05, 0) is 48.7 Å². The minimum absolute atomic E-state index is 0.111. The molecular weight excluding hydrogens is 388 g/mol. The normalized spacial score (nSPS) is 15.6. The van der Waals surface area contributed by atoms with Gasteiger partial charge in [-0.25, -0.2) is 0 Å². The zero-order valence-electron chi connectivity index (χ0n) is 13.9. The molecule has 1 aromatic heterocycles. The molecule has 0 aliphatic carbocycles. The molecule has 0 saturated carbocycles. The second kappa shape index (κ2) is 8.48. The molecule has 8 heteroatoms. The summed E-state index contributed by atoms with van der Waals surface area (Å²) in [4.78, 5) is 27.6. The number of carbonyl (C=O) groups excluding carboxylic acids is 2. The Morgan fingerprint density at radius 1 is 1.31 bits per heavy atom. The van der Waals surface area contributed by atoms with Gasteiger partial charge in [-0.2, -0.15) is 0 Å². The van der Waals surface area contributed by atoms with Gasteiger partial charge in [-0.1, -0.05) is 30.0 Å². The van der Waals surface area contributed by atoms with Crippen LogP contribution in [0.3, 0.4) is 0 Å². The quantitative estimate of drug-likeness (QED) is 0.583. The molecule has 1 aromatic carbocycles. The zero-order chi connectivity index (χ0) is 18.5. The molecule has 2 aromatic rings. The Labute approximate surface area is 165 Å². The number of amides is 2. The van der Waals surface area contributed by atoms with E-state index in [1.807, 2.05) is 24.4 Å². The molecule has 1 aliphatic heterocycles. The van der Waals surface area contributed by atoms with Gasteiger partial charge in [0.25, 0.3) is 5.91 Å². The minimum atomic E-state index is -0.303. The van der Waals surface area contributed by atoms with Crippen molar-refractivity contribution in [3.63, 3.8) is 0 Å². The number of benzene rings is 1. The Morgan fingerprint density at radius 3 is 2.73 bits per heavy atom. The first kappa shape index (κ1) is 18.6. The van der Waals surface area contributed by atoms with Crippen LogP contribution in [0.15, 0.2) is 46.7 Å². The number of anilines is 1. The lowest BCUT2D eigenvalue weighted by Gasteiger charge is -2.14. The van der Waals surface area contributed by atoms with E-state index in [4.69, 9.17) is 17.0 Å². The summed E-state index contributed by atoms with van der Waals surface area (Å²) in [6.07, 6.45) is 1.80. The van der Waals surface area contributed by atoms with Gasteiger partial charge in [0.2, 0.25) is 5.91 Å². The number of thiocarbonyl (C=S) groups is 1. The average Bonchev–Trinajstić information content (AvgIpc) is 3.21. The summed E-state index contributed by atoms with van der Waals surface area (Å²) in [6, 6.07) is 10.9. The summed E-state index contributed by atoms with van der Waals surface area (Å²) < 4.78 is 5.75. The van der Waals surface area contributed by atoms with Gasteiger partial charge in [-0.3, -0.25) is 14.5 Å². The number of carbonyl (C=O) groups is 2. The van der Waals surface area contributed by atoms with Crippen LogP contribution in [0.5, 0.6) is 5.75 Å². The van der Waals surface area contributed by atoms with E-state index >= 15 is 0 Å². The van der Waals surface area contributed by atoms with Crippen LogP contribution in [0.2, 0.25) is 0 Å². The van der Waals surface area contributed by atoms with Crippen LogP contribution in [-0.4, -0.2) is 34.2 Å². The lowest BCUT2D eigenvalue weighted by atomic mass is 10.3. The molecule has 0 unspecified atom stereocenters. The van der Waals surface area contributed by atoms with E-state index in [0.29, 0.717) is 21.5 Å². The number of hydrogen-bond donors (Lipinski definition) is 1. The van der Waals surface area contributed by atoms with E-state index in [2.05, 4.69) is 5.32 Å². The van der Waals surface area contributed by atoms with Crippen LogP contribution in [0.4, 0.5) is 5.69 Å². The Morgan fingerprint density at radius 2 is 2.08 bits per heavy atom. The molecule has 1 fully saturated rings. The first-order chi connectivity index (χ1) is 12.6. The molecular formula is C18H16N2O3S3. The first-order valence-corrected chi connectivity index (χ1v) is 9.99. The van der Waals surface area contributed by atoms with Crippen molar-refractivity contribution >= 4 is 63.2 Å². The van der Waals surface area contributed by atoms with Crippen LogP contribution < -0.4 is 10.1 Å². The topological polar surface area (TPSA) is 58.6 Å². The van der Waals surface area contributed by atoms with Crippen molar-refractivity contribution in [1.82, 2.24) is 4.90 Å². The highest BCUT2D eigenvalue weighted by Gasteiger charge is 2.33. The fourth-order valence-corrected chi connectivity index (χ4v) is 4.26. The van der Waals surface area contributed by atoms with E-state index in [1.54, 1.807) is 41.7 Å². The van der Waals surface area contributed by atoms with Crippen molar-refractivity contribution in [2.24, 2.45) is 0 Å². The lowest BCUT2D eigenvalue weighted by Crippen LogP contribution is -2.36. The third-order valence-corrected chi connectivity index (χ3v) is 5.64. The molecule has 1 aliphatic rings. The number of rotatable bonds is 6. The lowest BCUT2D eigenvalue weighted by molar-refractivity contribution is -0.126. The third kappa shape index (κ3) is 4.51. The predicted molar refractivity (Wildman–Crippen MR) is 110 cm³/mol. The number of thioether (sulfide) groups is 1. The van der Waals surface area contributed by atoms with Gasteiger partial charge in [-0.15, -0.1) is 11.3 Å². The van der Waals surface area contributed by atoms with Crippen molar-refractivity contribution in [3.05, 3.63) is 51.6 Å². The van der Waals surface area contributed by atoms with Gasteiger partial charge >= 0.3 is 0 Å². The van der Waals surface area contributed by atoms with Crippen molar-refractivity contribution in [1.29, 1.82) is 0 Å². The molecule has 26 heavy (non-hydrogen) atoms. The van der Waals surface area contributed by atoms with Crippen LogP contribution in [0.25, 0.3) is 6.08 Å². The molecule has 0 spiro atoms. The first-order valence-electron chi connectivity index (χ1n) is 7.88. The van der Waals surface area contributed by atoms with E-state index in [1.165, 1.54) is 16.7 Å². The molecule has 0 bridgehead atoms. The molecule has 2 amide bonds.